The van der Waals surface area contributed by atoms with Crippen molar-refractivity contribution < 1.29 is 14.3 Å². The molecule has 1 aromatic rings. The summed E-state index contributed by atoms with van der Waals surface area (Å²) in [6, 6.07) is 8.37. The number of hydrogen-bond donors (Lipinski definition) is 3. The largest absolute Gasteiger partial charge is 0.484 e. The highest BCUT2D eigenvalue weighted by molar-refractivity contribution is 5.85. The smallest absolute Gasteiger partial charge is 0.258 e. The molecule has 1 aromatic carbocycles. The van der Waals surface area contributed by atoms with Gasteiger partial charge >= 0.3 is 0 Å². The Balaban J connectivity index is 0.00000243. The molecule has 2 aliphatic rings. The molecule has 1 atom stereocenters. The molecule has 1 aliphatic heterocycles. The molecule has 144 valence electrons. The van der Waals surface area contributed by atoms with E-state index in [1.165, 1.54) is 0 Å². The van der Waals surface area contributed by atoms with Crippen LogP contribution < -0.4 is 20.7 Å². The molecule has 1 saturated carbocycles. The molecule has 1 heterocycles. The van der Waals surface area contributed by atoms with Gasteiger partial charge in [-0.05, 0) is 56.3 Å². The summed E-state index contributed by atoms with van der Waals surface area (Å²) < 4.78 is 5.48. The Bertz CT molecular complexity index is 584. The molecule has 0 bridgehead atoms. The molecule has 3 N–H and O–H groups in total. The van der Waals surface area contributed by atoms with Gasteiger partial charge in [-0.1, -0.05) is 12.1 Å². The van der Waals surface area contributed by atoms with Gasteiger partial charge in [-0.3, -0.25) is 9.59 Å². The van der Waals surface area contributed by atoms with E-state index in [1.54, 1.807) is 0 Å². The molecule has 1 unspecified atom stereocenters. The van der Waals surface area contributed by atoms with Crippen LogP contribution in [0.25, 0.3) is 0 Å². The van der Waals surface area contributed by atoms with E-state index in [1.807, 2.05) is 24.3 Å². The summed E-state index contributed by atoms with van der Waals surface area (Å²) in [5.41, 5.74) is 1.13. The van der Waals surface area contributed by atoms with Crippen molar-refractivity contribution in [1.82, 2.24) is 16.0 Å². The van der Waals surface area contributed by atoms with Gasteiger partial charge < -0.3 is 20.7 Å². The number of carbonyl (C=O) groups excluding carboxylic acids is 2. The molecule has 1 aliphatic carbocycles. The second-order valence-corrected chi connectivity index (χ2v) is 6.87. The monoisotopic (exact) mass is 381 g/mol. The van der Waals surface area contributed by atoms with E-state index in [4.69, 9.17) is 4.74 Å². The van der Waals surface area contributed by atoms with Crippen molar-refractivity contribution in [3.63, 3.8) is 0 Å². The minimum atomic E-state index is -0.0639. The zero-order valence-corrected chi connectivity index (χ0v) is 15.8. The van der Waals surface area contributed by atoms with E-state index < -0.39 is 0 Å². The fraction of sp³-hybridized carbons (Fsp3) is 0.579. The molecule has 0 spiro atoms. The first-order valence-corrected chi connectivity index (χ1v) is 9.20. The van der Waals surface area contributed by atoms with Gasteiger partial charge in [0.15, 0.2) is 6.61 Å². The molecule has 2 fully saturated rings. The van der Waals surface area contributed by atoms with Crippen molar-refractivity contribution in [3.8, 4) is 5.75 Å². The van der Waals surface area contributed by atoms with Crippen LogP contribution in [0.5, 0.6) is 5.75 Å². The maximum atomic E-state index is 11.9. The molecular weight excluding hydrogens is 354 g/mol. The van der Waals surface area contributed by atoms with E-state index in [0.717, 1.165) is 44.2 Å². The fourth-order valence-corrected chi connectivity index (χ4v) is 2.97. The predicted molar refractivity (Wildman–Crippen MR) is 103 cm³/mol. The highest BCUT2D eigenvalue weighted by atomic mass is 35.5. The van der Waals surface area contributed by atoms with E-state index >= 15 is 0 Å². The summed E-state index contributed by atoms with van der Waals surface area (Å²) >= 11 is 0. The number of rotatable bonds is 9. The number of nitrogens with one attached hydrogen (secondary N) is 3. The van der Waals surface area contributed by atoms with Crippen molar-refractivity contribution in [2.45, 2.75) is 50.6 Å². The Hall–Kier alpha value is -1.79. The Labute approximate surface area is 160 Å². The van der Waals surface area contributed by atoms with Gasteiger partial charge in [0.25, 0.3) is 5.91 Å². The fourth-order valence-electron chi connectivity index (χ4n) is 2.97. The molecule has 3 rings (SSSR count). The Morgan fingerprint density at radius 1 is 1.12 bits per heavy atom. The van der Waals surface area contributed by atoms with Gasteiger partial charge in [0, 0.05) is 25.0 Å². The number of carbonyl (C=O) groups is 2. The summed E-state index contributed by atoms with van der Waals surface area (Å²) in [5.74, 6) is 0.734. The maximum absolute atomic E-state index is 11.9. The van der Waals surface area contributed by atoms with Crippen molar-refractivity contribution in [3.05, 3.63) is 29.8 Å². The van der Waals surface area contributed by atoms with Crippen LogP contribution in [0.3, 0.4) is 0 Å². The van der Waals surface area contributed by atoms with Gasteiger partial charge in [-0.25, -0.2) is 0 Å². The van der Waals surface area contributed by atoms with Crippen molar-refractivity contribution in [1.29, 1.82) is 0 Å². The van der Waals surface area contributed by atoms with Crippen LogP contribution in [0.15, 0.2) is 24.3 Å². The van der Waals surface area contributed by atoms with E-state index in [9.17, 15) is 9.59 Å². The van der Waals surface area contributed by atoms with Gasteiger partial charge in [-0.2, -0.15) is 0 Å². The molecule has 26 heavy (non-hydrogen) atoms. The summed E-state index contributed by atoms with van der Waals surface area (Å²) in [6.07, 6.45) is 5.76. The molecule has 2 amide bonds. The number of halogens is 1. The van der Waals surface area contributed by atoms with Crippen LogP contribution >= 0.6 is 12.4 Å². The summed E-state index contributed by atoms with van der Waals surface area (Å²) in [5, 5.41) is 9.20. The summed E-state index contributed by atoms with van der Waals surface area (Å²) in [7, 11) is 0. The first kappa shape index (κ1) is 20.5. The second-order valence-electron chi connectivity index (χ2n) is 6.87. The van der Waals surface area contributed by atoms with Crippen molar-refractivity contribution in [2.24, 2.45) is 0 Å². The normalized spacial score (nSPS) is 18.7. The lowest BCUT2D eigenvalue weighted by molar-refractivity contribution is -0.123. The van der Waals surface area contributed by atoms with Crippen LogP contribution in [-0.4, -0.2) is 43.6 Å². The zero-order valence-electron chi connectivity index (χ0n) is 15.0. The van der Waals surface area contributed by atoms with E-state index in [2.05, 4.69) is 16.0 Å². The van der Waals surface area contributed by atoms with Crippen molar-refractivity contribution in [2.75, 3.05) is 19.7 Å². The van der Waals surface area contributed by atoms with Gasteiger partial charge in [0.2, 0.25) is 5.91 Å². The molecule has 0 aromatic heterocycles. The topological polar surface area (TPSA) is 79.5 Å². The predicted octanol–water partition coefficient (Wildman–Crippen LogP) is 1.57. The minimum absolute atomic E-state index is 0. The first-order valence-electron chi connectivity index (χ1n) is 9.20. The van der Waals surface area contributed by atoms with Crippen LogP contribution in [0.1, 0.15) is 37.7 Å². The molecule has 7 heteroatoms. The van der Waals surface area contributed by atoms with Crippen LogP contribution in [0.2, 0.25) is 0 Å². The number of ether oxygens (including phenoxy) is 1. The number of benzene rings is 1. The quantitative estimate of drug-likeness (QED) is 0.606. The third-order valence-electron chi connectivity index (χ3n) is 4.57. The standard InChI is InChI=1S/C19H27N3O3.ClH/c23-18(12-16-2-1-10-20-16)21-11-9-14-3-7-17(8-4-14)25-13-19(24)22-15-5-6-15;/h3-4,7-8,15-16,20H,1-2,5-6,9-13H2,(H,21,23)(H,22,24);1H. The average Bonchev–Trinajstić information content (AvgIpc) is 3.27. The molecular formula is C19H28ClN3O3. The van der Waals surface area contributed by atoms with E-state index in [-0.39, 0.29) is 30.8 Å². The summed E-state index contributed by atoms with van der Waals surface area (Å²) in [4.78, 5) is 23.4. The lowest BCUT2D eigenvalue weighted by atomic mass is 10.1. The van der Waals surface area contributed by atoms with Gasteiger partial charge in [-0.15, -0.1) is 12.4 Å². The lowest BCUT2D eigenvalue weighted by Crippen LogP contribution is -2.32. The first-order chi connectivity index (χ1) is 12.2. The zero-order chi connectivity index (χ0) is 17.5. The van der Waals surface area contributed by atoms with Crippen LogP contribution in [-0.2, 0) is 16.0 Å². The van der Waals surface area contributed by atoms with E-state index in [0.29, 0.717) is 30.8 Å². The van der Waals surface area contributed by atoms with Crippen molar-refractivity contribution >= 4 is 24.2 Å². The number of hydrogen-bond acceptors (Lipinski definition) is 4. The highest BCUT2D eigenvalue weighted by Gasteiger charge is 2.23. The van der Waals surface area contributed by atoms with Crippen LogP contribution in [0.4, 0.5) is 0 Å². The molecule has 0 radical (unpaired) electrons. The van der Waals surface area contributed by atoms with Gasteiger partial charge in [0.1, 0.15) is 5.75 Å². The molecule has 1 saturated heterocycles. The number of amides is 2. The Morgan fingerprint density at radius 3 is 2.54 bits per heavy atom. The Kier molecular flexibility index (Phi) is 8.19. The third kappa shape index (κ3) is 7.22. The second kappa shape index (κ2) is 10.4. The summed E-state index contributed by atoms with van der Waals surface area (Å²) in [6.45, 7) is 1.71. The maximum Gasteiger partial charge on any atom is 0.258 e. The SMILES string of the molecule is Cl.O=C(CC1CCCN1)NCCc1ccc(OCC(=O)NC2CC2)cc1. The molecule has 6 nitrogen and oxygen atoms in total. The lowest BCUT2D eigenvalue weighted by Gasteiger charge is -2.11. The minimum Gasteiger partial charge on any atom is -0.484 e. The average molecular weight is 382 g/mol. The Morgan fingerprint density at radius 2 is 1.88 bits per heavy atom. The van der Waals surface area contributed by atoms with Crippen LogP contribution in [0, 0.1) is 0 Å². The highest BCUT2D eigenvalue weighted by Crippen LogP contribution is 2.18. The third-order valence-corrected chi connectivity index (χ3v) is 4.57. The van der Waals surface area contributed by atoms with Gasteiger partial charge in [0.05, 0.1) is 0 Å².